The van der Waals surface area contributed by atoms with E-state index in [9.17, 15) is 5.11 Å². The first-order chi connectivity index (χ1) is 8.52. The number of halogens is 3. The largest absolute Gasteiger partial charge is 0.495 e. The van der Waals surface area contributed by atoms with Gasteiger partial charge in [0.15, 0.2) is 0 Å². The molecule has 1 N–H and O–H groups in total. The molecule has 0 aliphatic carbocycles. The number of benzene rings is 1. The van der Waals surface area contributed by atoms with Crippen molar-refractivity contribution in [2.45, 2.75) is 6.10 Å². The Morgan fingerprint density at radius 1 is 1.33 bits per heavy atom. The minimum atomic E-state index is -0.717. The van der Waals surface area contributed by atoms with Gasteiger partial charge in [-0.1, -0.05) is 17.7 Å². The number of hydrogen-bond donors (Lipinski definition) is 1. The molecule has 0 aliphatic heterocycles. The van der Waals surface area contributed by atoms with Gasteiger partial charge in [-0.05, 0) is 55.6 Å². The summed E-state index contributed by atoms with van der Waals surface area (Å²) >= 11 is 14.4. The Morgan fingerprint density at radius 2 is 2.06 bits per heavy atom. The summed E-state index contributed by atoms with van der Waals surface area (Å²) in [6, 6.07) is 7.14. The summed E-state index contributed by atoms with van der Waals surface area (Å²) in [5, 5.41) is 10.8. The van der Waals surface area contributed by atoms with E-state index in [1.807, 2.05) is 6.07 Å². The molecule has 2 rings (SSSR count). The molecule has 2 nitrogen and oxygen atoms in total. The van der Waals surface area contributed by atoms with Gasteiger partial charge in [-0.3, -0.25) is 0 Å². The monoisotopic (exact) mass is 410 g/mol. The van der Waals surface area contributed by atoms with Crippen molar-refractivity contribution >= 4 is 54.8 Å². The fraction of sp³-hybridized carbons (Fsp3) is 0.167. The smallest absolute Gasteiger partial charge is 0.137 e. The van der Waals surface area contributed by atoms with E-state index in [0.29, 0.717) is 10.8 Å². The minimum Gasteiger partial charge on any atom is -0.495 e. The second-order valence-electron chi connectivity index (χ2n) is 3.58. The van der Waals surface area contributed by atoms with Gasteiger partial charge in [-0.15, -0.1) is 11.3 Å². The van der Waals surface area contributed by atoms with Gasteiger partial charge >= 0.3 is 0 Å². The molecule has 18 heavy (non-hydrogen) atoms. The average Bonchev–Trinajstić information content (AvgIpc) is 2.67. The third-order valence-electron chi connectivity index (χ3n) is 2.47. The lowest BCUT2D eigenvalue weighted by atomic mass is 10.0. The van der Waals surface area contributed by atoms with Gasteiger partial charge in [0.2, 0.25) is 0 Å². The summed E-state index contributed by atoms with van der Waals surface area (Å²) in [5.74, 6) is 0.596. The molecular weight excluding hydrogens is 403 g/mol. The van der Waals surface area contributed by atoms with Gasteiger partial charge in [-0.2, -0.15) is 0 Å². The van der Waals surface area contributed by atoms with Crippen molar-refractivity contribution in [3.8, 4) is 5.75 Å². The molecule has 0 spiro atoms. The van der Waals surface area contributed by atoms with E-state index in [0.717, 1.165) is 18.7 Å². The number of aliphatic hydroxyl groups is 1. The lowest BCUT2D eigenvalue weighted by Crippen LogP contribution is -1.99. The second kappa shape index (κ2) is 5.92. The van der Waals surface area contributed by atoms with Crippen LogP contribution in [0.2, 0.25) is 5.02 Å². The van der Waals surface area contributed by atoms with Crippen LogP contribution >= 0.6 is 54.8 Å². The highest BCUT2D eigenvalue weighted by atomic mass is 79.9. The minimum absolute atomic E-state index is 0.486. The molecule has 1 atom stereocenters. The third kappa shape index (κ3) is 2.91. The third-order valence-corrected chi connectivity index (χ3v) is 5.15. The predicted octanol–water partition coefficient (Wildman–Crippen LogP) is 5.02. The second-order valence-corrected chi connectivity index (χ2v) is 7.73. The van der Waals surface area contributed by atoms with Crippen molar-refractivity contribution < 1.29 is 9.84 Å². The summed E-state index contributed by atoms with van der Waals surface area (Å²) in [7, 11) is 1.56. The zero-order chi connectivity index (χ0) is 13.3. The molecule has 1 aromatic heterocycles. The molecule has 0 fully saturated rings. The van der Waals surface area contributed by atoms with Crippen molar-refractivity contribution in [1.82, 2.24) is 0 Å². The first-order valence-electron chi connectivity index (χ1n) is 4.99. The Labute approximate surface area is 131 Å². The first kappa shape index (κ1) is 14.3. The Hall–Kier alpha value is -0.0700. The molecule has 1 unspecified atom stereocenters. The summed E-state index contributed by atoms with van der Waals surface area (Å²) in [4.78, 5) is 0. The van der Waals surface area contributed by atoms with E-state index in [-0.39, 0.29) is 0 Å². The zero-order valence-corrected chi connectivity index (χ0v) is 14.0. The maximum atomic E-state index is 10.3. The van der Waals surface area contributed by atoms with Gasteiger partial charge in [0.05, 0.1) is 19.7 Å². The summed E-state index contributed by atoms with van der Waals surface area (Å²) in [6.07, 6.45) is -0.717. The summed E-state index contributed by atoms with van der Waals surface area (Å²) in [6.45, 7) is 0. The zero-order valence-electron chi connectivity index (χ0n) is 9.28. The maximum Gasteiger partial charge on any atom is 0.137 e. The van der Waals surface area contributed by atoms with E-state index >= 15 is 0 Å². The lowest BCUT2D eigenvalue weighted by Gasteiger charge is -2.12. The Bertz CT molecular complexity index is 571. The Balaban J connectivity index is 2.37. The van der Waals surface area contributed by atoms with E-state index < -0.39 is 6.10 Å². The van der Waals surface area contributed by atoms with E-state index in [4.69, 9.17) is 16.3 Å². The van der Waals surface area contributed by atoms with Crippen molar-refractivity contribution in [2.24, 2.45) is 0 Å². The molecule has 1 heterocycles. The lowest BCUT2D eigenvalue weighted by molar-refractivity contribution is 0.220. The number of hydrogen-bond acceptors (Lipinski definition) is 3. The number of aliphatic hydroxyl groups excluding tert-OH is 1. The molecule has 0 radical (unpaired) electrons. The summed E-state index contributed by atoms with van der Waals surface area (Å²) < 4.78 is 6.94. The van der Waals surface area contributed by atoms with Crippen molar-refractivity contribution in [2.75, 3.05) is 7.11 Å². The van der Waals surface area contributed by atoms with E-state index in [2.05, 4.69) is 31.9 Å². The molecule has 0 amide bonds. The normalized spacial score (nSPS) is 12.5. The van der Waals surface area contributed by atoms with Crippen LogP contribution < -0.4 is 4.74 Å². The Morgan fingerprint density at radius 3 is 2.56 bits per heavy atom. The van der Waals surface area contributed by atoms with E-state index in [1.165, 1.54) is 11.3 Å². The van der Waals surface area contributed by atoms with Crippen LogP contribution in [0.4, 0.5) is 0 Å². The average molecular weight is 413 g/mol. The molecule has 0 saturated carbocycles. The van der Waals surface area contributed by atoms with Crippen LogP contribution in [0.15, 0.2) is 31.8 Å². The Kier molecular flexibility index (Phi) is 4.72. The molecule has 0 saturated heterocycles. The summed E-state index contributed by atoms with van der Waals surface area (Å²) in [5.41, 5.74) is 1.54. The number of rotatable bonds is 3. The fourth-order valence-electron chi connectivity index (χ4n) is 1.57. The SMILES string of the molecule is COc1ccc(C(O)c2cc(Br)sc2Br)cc1Cl. The highest BCUT2D eigenvalue weighted by molar-refractivity contribution is 9.12. The maximum absolute atomic E-state index is 10.3. The topological polar surface area (TPSA) is 29.5 Å². The van der Waals surface area contributed by atoms with Gasteiger partial charge in [0, 0.05) is 5.56 Å². The standard InChI is InChI=1S/C12H9Br2ClO2S/c1-17-9-3-2-6(4-8(9)15)11(16)7-5-10(13)18-12(7)14/h2-5,11,16H,1H3. The van der Waals surface area contributed by atoms with E-state index in [1.54, 1.807) is 25.3 Å². The van der Waals surface area contributed by atoms with Gasteiger partial charge in [0.25, 0.3) is 0 Å². The molecule has 6 heteroatoms. The van der Waals surface area contributed by atoms with Crippen LogP contribution in [0, 0.1) is 0 Å². The highest BCUT2D eigenvalue weighted by Crippen LogP contribution is 2.39. The van der Waals surface area contributed by atoms with Gasteiger partial charge in [-0.25, -0.2) is 0 Å². The fourth-order valence-corrected chi connectivity index (χ4v) is 4.72. The van der Waals surface area contributed by atoms with Crippen molar-refractivity contribution in [3.05, 3.63) is 48.0 Å². The number of ether oxygens (including phenoxy) is 1. The quantitative estimate of drug-likeness (QED) is 0.767. The first-order valence-corrected chi connectivity index (χ1v) is 7.77. The molecular formula is C12H9Br2ClO2S. The van der Waals surface area contributed by atoms with Crippen LogP contribution in [-0.2, 0) is 0 Å². The van der Waals surface area contributed by atoms with Crippen LogP contribution in [-0.4, -0.2) is 12.2 Å². The van der Waals surface area contributed by atoms with Crippen LogP contribution in [0.5, 0.6) is 5.75 Å². The molecule has 96 valence electrons. The molecule has 2 aromatic rings. The predicted molar refractivity (Wildman–Crippen MR) is 81.8 cm³/mol. The number of thiophene rings is 1. The van der Waals surface area contributed by atoms with Crippen LogP contribution in [0.1, 0.15) is 17.2 Å². The number of methoxy groups -OCH3 is 1. The molecule has 0 bridgehead atoms. The van der Waals surface area contributed by atoms with Crippen LogP contribution in [0.25, 0.3) is 0 Å². The van der Waals surface area contributed by atoms with Crippen molar-refractivity contribution in [3.63, 3.8) is 0 Å². The highest BCUT2D eigenvalue weighted by Gasteiger charge is 2.17. The van der Waals surface area contributed by atoms with Crippen LogP contribution in [0.3, 0.4) is 0 Å². The molecule has 0 aliphatic rings. The van der Waals surface area contributed by atoms with Gasteiger partial charge in [0.1, 0.15) is 11.9 Å². The molecule has 1 aromatic carbocycles. The van der Waals surface area contributed by atoms with Gasteiger partial charge < -0.3 is 9.84 Å². The van der Waals surface area contributed by atoms with Crippen molar-refractivity contribution in [1.29, 1.82) is 0 Å².